The van der Waals surface area contributed by atoms with Gasteiger partial charge in [0, 0.05) is 12.1 Å². The molecular formula is C24H27N5O3. The van der Waals surface area contributed by atoms with E-state index < -0.39 is 23.4 Å². The Morgan fingerprint density at radius 2 is 1.91 bits per heavy atom. The van der Waals surface area contributed by atoms with E-state index >= 15 is 0 Å². The normalized spacial score (nSPS) is 18.2. The third-order valence-corrected chi connectivity index (χ3v) is 5.86. The number of imidazole rings is 1. The van der Waals surface area contributed by atoms with Crippen molar-refractivity contribution >= 4 is 34.6 Å². The summed E-state index contributed by atoms with van der Waals surface area (Å²) in [5.74, 6) is 0.0518. The first kappa shape index (κ1) is 21.5. The lowest BCUT2D eigenvalue weighted by Crippen LogP contribution is -2.44. The molecule has 1 atom stereocenters. The predicted molar refractivity (Wildman–Crippen MR) is 122 cm³/mol. The van der Waals surface area contributed by atoms with E-state index in [4.69, 9.17) is 0 Å². The van der Waals surface area contributed by atoms with Crippen LogP contribution < -0.4 is 10.6 Å². The van der Waals surface area contributed by atoms with Crippen LogP contribution in [0.25, 0.3) is 11.0 Å². The minimum Gasteiger partial charge on any atom is -0.342 e. The van der Waals surface area contributed by atoms with Crippen molar-refractivity contribution in [2.45, 2.75) is 45.1 Å². The van der Waals surface area contributed by atoms with E-state index in [1.54, 1.807) is 18.2 Å². The van der Waals surface area contributed by atoms with Crippen molar-refractivity contribution in [2.75, 3.05) is 11.9 Å². The number of aromatic nitrogens is 2. The number of hydrogen-bond donors (Lipinski definition) is 3. The van der Waals surface area contributed by atoms with E-state index in [1.165, 1.54) is 0 Å². The van der Waals surface area contributed by atoms with Gasteiger partial charge in [0.25, 0.3) is 5.91 Å². The topological polar surface area (TPSA) is 107 Å². The molecule has 32 heavy (non-hydrogen) atoms. The average molecular weight is 434 g/mol. The number of aryl methyl sites for hydroxylation is 1. The second-order valence-electron chi connectivity index (χ2n) is 8.01. The molecule has 2 heterocycles. The first-order chi connectivity index (χ1) is 15.5. The van der Waals surface area contributed by atoms with Gasteiger partial charge < -0.3 is 15.6 Å². The minimum atomic E-state index is -1.15. The number of fused-ring (bicyclic) bond motifs is 1. The summed E-state index contributed by atoms with van der Waals surface area (Å²) < 4.78 is 0. The van der Waals surface area contributed by atoms with E-state index in [1.807, 2.05) is 37.3 Å². The Bertz CT molecular complexity index is 1160. The molecule has 1 aliphatic rings. The van der Waals surface area contributed by atoms with Crippen LogP contribution in [-0.2, 0) is 21.5 Å². The average Bonchev–Trinajstić information content (AvgIpc) is 3.31. The lowest BCUT2D eigenvalue weighted by atomic mass is 9.87. The maximum Gasteiger partial charge on any atom is 0.325 e. The second kappa shape index (κ2) is 8.82. The molecule has 3 N–H and O–H groups in total. The van der Waals surface area contributed by atoms with Gasteiger partial charge in [-0.3, -0.25) is 14.5 Å². The summed E-state index contributed by atoms with van der Waals surface area (Å²) in [6, 6.07) is 13.9. The van der Waals surface area contributed by atoms with Gasteiger partial charge in [-0.1, -0.05) is 50.6 Å². The van der Waals surface area contributed by atoms with Gasteiger partial charge in [-0.05, 0) is 36.6 Å². The molecule has 8 nitrogen and oxygen atoms in total. The standard InChI is InChI=1S/C24H27N5O3/c1-3-5-11-20-26-18-13-12-17(14-19(18)27-20)25-21(30)15-29-22(31)24(4-2,28-23(29)32)16-9-7-6-8-10-16/h6-10,12-14H,3-5,11,15H2,1-2H3,(H,25,30)(H,26,27)(H,28,32). The van der Waals surface area contributed by atoms with Crippen LogP contribution in [0.1, 0.15) is 44.5 Å². The molecule has 1 aliphatic heterocycles. The molecule has 166 valence electrons. The first-order valence-corrected chi connectivity index (χ1v) is 10.9. The zero-order valence-corrected chi connectivity index (χ0v) is 18.3. The lowest BCUT2D eigenvalue weighted by molar-refractivity contribution is -0.134. The number of urea groups is 1. The molecule has 0 saturated carbocycles. The van der Waals surface area contributed by atoms with Crippen LogP contribution in [0, 0.1) is 0 Å². The van der Waals surface area contributed by atoms with Gasteiger partial charge in [-0.15, -0.1) is 0 Å². The zero-order chi connectivity index (χ0) is 22.7. The predicted octanol–water partition coefficient (Wildman–Crippen LogP) is 3.70. The van der Waals surface area contributed by atoms with Crippen LogP contribution in [0.15, 0.2) is 48.5 Å². The molecule has 2 aromatic carbocycles. The van der Waals surface area contributed by atoms with Gasteiger partial charge in [-0.2, -0.15) is 0 Å². The molecule has 0 radical (unpaired) electrons. The van der Waals surface area contributed by atoms with Gasteiger partial charge in [0.05, 0.1) is 11.0 Å². The number of hydrogen-bond acceptors (Lipinski definition) is 4. The first-order valence-electron chi connectivity index (χ1n) is 10.9. The summed E-state index contributed by atoms with van der Waals surface area (Å²) in [6.07, 6.45) is 3.40. The molecule has 4 rings (SSSR count). The maximum atomic E-state index is 13.2. The summed E-state index contributed by atoms with van der Waals surface area (Å²) in [4.78, 5) is 47.2. The van der Waals surface area contributed by atoms with Gasteiger partial charge in [0.1, 0.15) is 17.9 Å². The Hall–Kier alpha value is -3.68. The number of H-pyrrole nitrogens is 1. The van der Waals surface area contributed by atoms with Crippen LogP contribution in [0.2, 0.25) is 0 Å². The van der Waals surface area contributed by atoms with E-state index in [-0.39, 0.29) is 6.54 Å². The Morgan fingerprint density at radius 3 is 2.62 bits per heavy atom. The Balaban J connectivity index is 1.47. The van der Waals surface area contributed by atoms with Crippen molar-refractivity contribution in [3.05, 3.63) is 59.9 Å². The molecular weight excluding hydrogens is 406 g/mol. The van der Waals surface area contributed by atoms with Crippen LogP contribution >= 0.6 is 0 Å². The number of rotatable bonds is 8. The summed E-state index contributed by atoms with van der Waals surface area (Å²) >= 11 is 0. The van der Waals surface area contributed by atoms with Gasteiger partial charge in [-0.25, -0.2) is 9.78 Å². The fraction of sp³-hybridized carbons (Fsp3) is 0.333. The highest BCUT2D eigenvalue weighted by Gasteiger charge is 2.51. The highest BCUT2D eigenvalue weighted by molar-refractivity contribution is 6.10. The fourth-order valence-electron chi connectivity index (χ4n) is 4.08. The monoisotopic (exact) mass is 433 g/mol. The molecule has 0 aliphatic carbocycles. The highest BCUT2D eigenvalue weighted by Crippen LogP contribution is 2.32. The Morgan fingerprint density at radius 1 is 1.12 bits per heavy atom. The number of nitrogens with one attached hydrogen (secondary N) is 3. The van der Waals surface area contributed by atoms with E-state index in [9.17, 15) is 14.4 Å². The SMILES string of the molecule is CCCCc1nc2ccc(NC(=O)CN3C(=O)NC(CC)(c4ccccc4)C3=O)cc2[nH]1. The maximum absolute atomic E-state index is 13.2. The summed E-state index contributed by atoms with van der Waals surface area (Å²) in [6.45, 7) is 3.61. The molecule has 3 aromatic rings. The van der Waals surface area contributed by atoms with E-state index in [2.05, 4.69) is 27.5 Å². The smallest absolute Gasteiger partial charge is 0.325 e. The Labute approximate surface area is 186 Å². The van der Waals surface area contributed by atoms with Gasteiger partial charge >= 0.3 is 6.03 Å². The lowest BCUT2D eigenvalue weighted by Gasteiger charge is -2.25. The van der Waals surface area contributed by atoms with Crippen LogP contribution in [-0.4, -0.2) is 39.3 Å². The molecule has 1 fully saturated rings. The largest absolute Gasteiger partial charge is 0.342 e. The van der Waals surface area contributed by atoms with Crippen molar-refractivity contribution in [1.29, 1.82) is 0 Å². The number of benzene rings is 2. The number of imide groups is 1. The van der Waals surface area contributed by atoms with E-state index in [0.29, 0.717) is 17.7 Å². The van der Waals surface area contributed by atoms with Crippen LogP contribution in [0.4, 0.5) is 10.5 Å². The Kier molecular flexibility index (Phi) is 5.94. The zero-order valence-electron chi connectivity index (χ0n) is 18.3. The number of unbranched alkanes of at least 4 members (excludes halogenated alkanes) is 1. The van der Waals surface area contributed by atoms with Crippen molar-refractivity contribution in [3.63, 3.8) is 0 Å². The van der Waals surface area contributed by atoms with Crippen LogP contribution in [0.3, 0.4) is 0 Å². The number of anilines is 1. The molecule has 1 unspecified atom stereocenters. The van der Waals surface area contributed by atoms with Crippen molar-refractivity contribution < 1.29 is 14.4 Å². The van der Waals surface area contributed by atoms with Crippen molar-refractivity contribution in [1.82, 2.24) is 20.2 Å². The number of carbonyl (C=O) groups is 3. The second-order valence-corrected chi connectivity index (χ2v) is 8.01. The van der Waals surface area contributed by atoms with Crippen LogP contribution in [0.5, 0.6) is 0 Å². The summed E-state index contributed by atoms with van der Waals surface area (Å²) in [5, 5.41) is 5.57. The fourth-order valence-corrected chi connectivity index (χ4v) is 4.08. The molecule has 1 saturated heterocycles. The van der Waals surface area contributed by atoms with E-state index in [0.717, 1.165) is 41.0 Å². The van der Waals surface area contributed by atoms with Crippen molar-refractivity contribution in [2.24, 2.45) is 0 Å². The van der Waals surface area contributed by atoms with Gasteiger partial charge in [0.2, 0.25) is 5.91 Å². The number of nitrogens with zero attached hydrogens (tertiary/aromatic N) is 2. The van der Waals surface area contributed by atoms with Crippen molar-refractivity contribution in [3.8, 4) is 0 Å². The quantitative estimate of drug-likeness (QED) is 0.471. The molecule has 0 bridgehead atoms. The molecule has 1 aromatic heterocycles. The minimum absolute atomic E-state index is 0.359. The number of aromatic amines is 1. The molecule has 0 spiro atoms. The molecule has 4 amide bonds. The van der Waals surface area contributed by atoms with Gasteiger partial charge in [0.15, 0.2) is 0 Å². The summed E-state index contributed by atoms with van der Waals surface area (Å²) in [7, 11) is 0. The number of carbonyl (C=O) groups excluding carboxylic acids is 3. The number of amides is 4. The summed E-state index contributed by atoms with van der Waals surface area (Å²) in [5.41, 5.74) is 1.79. The third-order valence-electron chi connectivity index (χ3n) is 5.86. The highest BCUT2D eigenvalue weighted by atomic mass is 16.2. The molecule has 8 heteroatoms. The third kappa shape index (κ3) is 3.95.